The summed E-state index contributed by atoms with van der Waals surface area (Å²) in [5.41, 5.74) is 0. The Morgan fingerprint density at radius 3 is 2.25 bits per heavy atom. The van der Waals surface area contributed by atoms with Gasteiger partial charge in [-0.15, -0.1) is 0 Å². The first-order valence-electron chi connectivity index (χ1n) is 2.60. The Morgan fingerprint density at radius 2 is 2.12 bits per heavy atom. The van der Waals surface area contributed by atoms with Gasteiger partial charge < -0.3 is 3.79 Å². The van der Waals surface area contributed by atoms with Crippen molar-refractivity contribution in [1.29, 1.82) is 0 Å². The molecule has 0 aromatic carbocycles. The zero-order valence-electron chi connectivity index (χ0n) is 5.03. The van der Waals surface area contributed by atoms with Gasteiger partial charge in [0.2, 0.25) is 0 Å². The molecule has 0 bridgehead atoms. The van der Waals surface area contributed by atoms with Crippen LogP contribution in [0, 0.1) is 0 Å². The van der Waals surface area contributed by atoms with Gasteiger partial charge in [-0.2, -0.15) is 28.1 Å². The maximum absolute atomic E-state index is 5.37. The molecular formula is C4H9AlBr2O. The molecule has 0 aromatic heterocycles. The van der Waals surface area contributed by atoms with E-state index in [2.05, 4.69) is 42.0 Å². The van der Waals surface area contributed by atoms with Crippen LogP contribution in [-0.4, -0.2) is 16.9 Å². The molecule has 0 aromatic rings. The molecule has 0 rings (SSSR count). The predicted octanol–water partition coefficient (Wildman–Crippen LogP) is 2.58. The third-order valence-electron chi connectivity index (χ3n) is 0.910. The Balaban J connectivity index is 3.10. The van der Waals surface area contributed by atoms with E-state index in [9.17, 15) is 0 Å². The Labute approximate surface area is 68.8 Å². The van der Waals surface area contributed by atoms with E-state index >= 15 is 0 Å². The first-order valence-corrected chi connectivity index (χ1v) is 9.44. The molecule has 0 spiro atoms. The topological polar surface area (TPSA) is 9.23 Å². The SMILES string of the molecule is CCC(C)[O][Al]([Br])[Br]. The van der Waals surface area contributed by atoms with Crippen molar-refractivity contribution in [3.8, 4) is 0 Å². The monoisotopic (exact) mass is 258 g/mol. The Hall–Kier alpha value is 1.45. The van der Waals surface area contributed by atoms with Gasteiger partial charge in [0.15, 0.2) is 0 Å². The molecule has 0 aliphatic rings. The van der Waals surface area contributed by atoms with Crippen molar-refractivity contribution in [3.63, 3.8) is 0 Å². The molecule has 0 N–H and O–H groups in total. The van der Waals surface area contributed by atoms with Gasteiger partial charge in [-0.25, -0.2) is 0 Å². The minimum atomic E-state index is -1.12. The van der Waals surface area contributed by atoms with Crippen LogP contribution in [0.2, 0.25) is 0 Å². The van der Waals surface area contributed by atoms with Gasteiger partial charge in [0, 0.05) is 6.10 Å². The summed E-state index contributed by atoms with van der Waals surface area (Å²) >= 11 is 6.70. The number of hydrogen-bond donors (Lipinski definition) is 0. The molecule has 0 heterocycles. The molecule has 0 radical (unpaired) electrons. The largest absolute Gasteiger partial charge is 0.653 e. The summed E-state index contributed by atoms with van der Waals surface area (Å²) in [7, 11) is -1.12. The van der Waals surface area contributed by atoms with Crippen LogP contribution in [0.4, 0.5) is 0 Å². The fourth-order valence-corrected chi connectivity index (χ4v) is 3.03. The van der Waals surface area contributed by atoms with E-state index in [0.717, 1.165) is 6.42 Å². The van der Waals surface area contributed by atoms with Crippen molar-refractivity contribution in [2.24, 2.45) is 0 Å². The van der Waals surface area contributed by atoms with E-state index in [1.54, 1.807) is 0 Å². The highest BCUT2D eigenvalue weighted by molar-refractivity contribution is 9.48. The molecule has 4 heteroatoms. The van der Waals surface area contributed by atoms with Crippen molar-refractivity contribution < 1.29 is 3.79 Å². The highest BCUT2D eigenvalue weighted by Crippen LogP contribution is 2.08. The molecule has 1 atom stereocenters. The maximum atomic E-state index is 5.37. The third-order valence-corrected chi connectivity index (χ3v) is 2.88. The van der Waals surface area contributed by atoms with Crippen LogP contribution in [0.15, 0.2) is 0 Å². The zero-order chi connectivity index (χ0) is 6.57. The lowest BCUT2D eigenvalue weighted by Gasteiger charge is -2.09. The molecule has 1 nitrogen and oxygen atoms in total. The van der Waals surface area contributed by atoms with Gasteiger partial charge in [-0.1, -0.05) is 6.92 Å². The maximum Gasteiger partial charge on any atom is 0.653 e. The van der Waals surface area contributed by atoms with Gasteiger partial charge in [0.05, 0.1) is 0 Å². The summed E-state index contributed by atoms with van der Waals surface area (Å²) in [5.74, 6) is 0. The van der Waals surface area contributed by atoms with Crippen LogP contribution in [0.3, 0.4) is 0 Å². The second-order valence-electron chi connectivity index (χ2n) is 1.62. The second kappa shape index (κ2) is 5.25. The van der Waals surface area contributed by atoms with Crippen LogP contribution in [0.5, 0.6) is 0 Å². The van der Waals surface area contributed by atoms with Crippen LogP contribution in [-0.2, 0) is 3.79 Å². The summed E-state index contributed by atoms with van der Waals surface area (Å²) < 4.78 is 5.37. The quantitative estimate of drug-likeness (QED) is 0.708. The van der Waals surface area contributed by atoms with E-state index < -0.39 is 10.8 Å². The van der Waals surface area contributed by atoms with E-state index in [1.807, 2.05) is 0 Å². The Bertz CT molecular complexity index is 60.0. The zero-order valence-corrected chi connectivity index (χ0v) is 9.35. The smallest absolute Gasteiger partial charge is 0.482 e. The first kappa shape index (κ1) is 9.45. The van der Waals surface area contributed by atoms with Gasteiger partial charge in [0.1, 0.15) is 0 Å². The van der Waals surface area contributed by atoms with Gasteiger partial charge >= 0.3 is 10.8 Å². The number of rotatable bonds is 3. The highest BCUT2D eigenvalue weighted by atomic mass is 79.9. The van der Waals surface area contributed by atoms with Crippen molar-refractivity contribution >= 4 is 38.9 Å². The van der Waals surface area contributed by atoms with Gasteiger partial charge in [0.25, 0.3) is 0 Å². The molecule has 0 saturated heterocycles. The van der Waals surface area contributed by atoms with Gasteiger partial charge in [-0.05, 0) is 13.3 Å². The van der Waals surface area contributed by atoms with Crippen molar-refractivity contribution in [1.82, 2.24) is 0 Å². The third kappa shape index (κ3) is 5.59. The minimum absolute atomic E-state index is 0.394. The molecule has 0 aliphatic heterocycles. The molecule has 0 aliphatic carbocycles. The molecule has 8 heavy (non-hydrogen) atoms. The minimum Gasteiger partial charge on any atom is -0.482 e. The van der Waals surface area contributed by atoms with Crippen LogP contribution in [0.25, 0.3) is 0 Å². The van der Waals surface area contributed by atoms with Crippen molar-refractivity contribution in [2.75, 3.05) is 0 Å². The number of halogens is 2. The number of hydrogen-bond acceptors (Lipinski definition) is 1. The summed E-state index contributed by atoms with van der Waals surface area (Å²) in [6.45, 7) is 4.18. The van der Waals surface area contributed by atoms with E-state index in [4.69, 9.17) is 3.79 Å². The predicted molar refractivity (Wildman–Crippen MR) is 44.4 cm³/mol. The Morgan fingerprint density at radius 1 is 1.62 bits per heavy atom. The summed E-state index contributed by atoms with van der Waals surface area (Å²) in [6, 6.07) is 0. The lowest BCUT2D eigenvalue weighted by atomic mass is 10.3. The standard InChI is InChI=1S/C4H9O.Al.2BrH/c1-3-4(2)5;;;/h4H,3H2,1-2H3;;2*1H/q-1;+3;;/p-2. The van der Waals surface area contributed by atoms with E-state index in [1.165, 1.54) is 0 Å². The normalized spacial score (nSPS) is 13.5. The van der Waals surface area contributed by atoms with Gasteiger partial charge in [-0.3, -0.25) is 0 Å². The van der Waals surface area contributed by atoms with Crippen LogP contribution < -0.4 is 0 Å². The summed E-state index contributed by atoms with van der Waals surface area (Å²) in [5, 5.41) is 0. The fourth-order valence-electron chi connectivity index (χ4n) is 0.272. The Kier molecular flexibility index (Phi) is 6.21. The molecule has 0 saturated carbocycles. The van der Waals surface area contributed by atoms with Crippen molar-refractivity contribution in [2.45, 2.75) is 26.4 Å². The fraction of sp³-hybridized carbons (Fsp3) is 1.00. The average Bonchev–Trinajstić information content (AvgIpc) is 1.65. The van der Waals surface area contributed by atoms with Crippen LogP contribution >= 0.6 is 28.1 Å². The highest BCUT2D eigenvalue weighted by Gasteiger charge is 2.13. The van der Waals surface area contributed by atoms with E-state index in [0.29, 0.717) is 6.10 Å². The summed E-state index contributed by atoms with van der Waals surface area (Å²) in [4.78, 5) is 0. The first-order chi connectivity index (χ1) is 3.66. The van der Waals surface area contributed by atoms with Crippen molar-refractivity contribution in [3.05, 3.63) is 0 Å². The average molecular weight is 260 g/mol. The molecule has 0 amide bonds. The molecule has 1 unspecified atom stereocenters. The van der Waals surface area contributed by atoms with Crippen LogP contribution in [0.1, 0.15) is 20.3 Å². The molecule has 48 valence electrons. The second-order valence-corrected chi connectivity index (χ2v) is 11.1. The lowest BCUT2D eigenvalue weighted by Crippen LogP contribution is -2.11. The molecular weight excluding hydrogens is 251 g/mol. The molecule has 0 fully saturated rings. The lowest BCUT2D eigenvalue weighted by molar-refractivity contribution is 0.235. The van der Waals surface area contributed by atoms with E-state index in [-0.39, 0.29) is 0 Å². The summed E-state index contributed by atoms with van der Waals surface area (Å²) in [6.07, 6.45) is 1.48.